The van der Waals surface area contributed by atoms with Gasteiger partial charge in [0.25, 0.3) is 0 Å². The smallest absolute Gasteiger partial charge is 0.241 e. The summed E-state index contributed by atoms with van der Waals surface area (Å²) < 4.78 is 25.6. The van der Waals surface area contributed by atoms with Gasteiger partial charge in [-0.15, -0.1) is 0 Å². The molecule has 0 fully saturated rings. The van der Waals surface area contributed by atoms with E-state index in [0.717, 1.165) is 11.8 Å². The van der Waals surface area contributed by atoms with Crippen LogP contribution in [0.3, 0.4) is 0 Å². The molecule has 0 radical (unpaired) electrons. The van der Waals surface area contributed by atoms with E-state index in [-0.39, 0.29) is 30.5 Å². The Bertz CT molecular complexity index is 904. The molecule has 0 unspecified atom stereocenters. The van der Waals surface area contributed by atoms with Crippen molar-refractivity contribution >= 4 is 27.7 Å². The standard InChI is InChI=1S/C18H29N7O3S/c1-11(2)7-14(10-26)21-17-22-16(23-18(24-17)25-29(4,27)28)8-12(3)13-5-6-15(19)20-9-13/h5-6,9,11-12,14,26H,7-8,10H2,1-4H3,(H2,19,20)(H2,21,22,23,24,25)/t12-,14+/m0/s1. The Kier molecular flexibility index (Phi) is 7.68. The number of rotatable bonds is 10. The van der Waals surface area contributed by atoms with Gasteiger partial charge in [-0.1, -0.05) is 26.8 Å². The van der Waals surface area contributed by atoms with Crippen molar-refractivity contribution in [3.63, 3.8) is 0 Å². The van der Waals surface area contributed by atoms with Crippen LogP contribution in [0, 0.1) is 5.92 Å². The quantitative estimate of drug-likeness (QED) is 0.443. The first kappa shape index (κ1) is 22.8. The summed E-state index contributed by atoms with van der Waals surface area (Å²) in [6.45, 7) is 5.98. The lowest BCUT2D eigenvalue weighted by molar-refractivity contribution is 0.259. The lowest BCUT2D eigenvalue weighted by Crippen LogP contribution is -2.27. The average Bonchev–Trinajstić information content (AvgIpc) is 2.59. The summed E-state index contributed by atoms with van der Waals surface area (Å²) in [6, 6.07) is 3.35. The third kappa shape index (κ3) is 7.78. The summed E-state index contributed by atoms with van der Waals surface area (Å²) in [6.07, 6.45) is 3.87. The minimum atomic E-state index is -3.55. The Balaban J connectivity index is 2.29. The molecule has 0 amide bonds. The number of hydrogen-bond donors (Lipinski definition) is 4. The van der Waals surface area contributed by atoms with Gasteiger partial charge in [0.05, 0.1) is 18.9 Å². The molecule has 0 aromatic carbocycles. The fourth-order valence-electron chi connectivity index (χ4n) is 2.82. The maximum atomic E-state index is 11.6. The molecule has 11 heteroatoms. The molecule has 0 spiro atoms. The summed E-state index contributed by atoms with van der Waals surface area (Å²) in [7, 11) is -3.55. The number of anilines is 3. The lowest BCUT2D eigenvalue weighted by atomic mass is 9.99. The van der Waals surface area contributed by atoms with Crippen LogP contribution in [-0.2, 0) is 16.4 Å². The minimum Gasteiger partial charge on any atom is -0.394 e. The highest BCUT2D eigenvalue weighted by Crippen LogP contribution is 2.20. The Hall–Kier alpha value is -2.53. The lowest BCUT2D eigenvalue weighted by Gasteiger charge is -2.19. The van der Waals surface area contributed by atoms with E-state index in [0.29, 0.717) is 30.4 Å². The van der Waals surface area contributed by atoms with Crippen molar-refractivity contribution in [1.29, 1.82) is 0 Å². The van der Waals surface area contributed by atoms with Gasteiger partial charge in [0.2, 0.25) is 21.9 Å². The number of nitrogens with two attached hydrogens (primary N) is 1. The van der Waals surface area contributed by atoms with E-state index in [2.05, 4.69) is 30.0 Å². The van der Waals surface area contributed by atoms with Gasteiger partial charge < -0.3 is 16.2 Å². The predicted molar refractivity (Wildman–Crippen MR) is 113 cm³/mol. The van der Waals surface area contributed by atoms with Gasteiger partial charge in [-0.2, -0.15) is 15.0 Å². The Labute approximate surface area is 171 Å². The zero-order chi connectivity index (χ0) is 21.6. The first-order chi connectivity index (χ1) is 13.6. The summed E-state index contributed by atoms with van der Waals surface area (Å²) >= 11 is 0. The van der Waals surface area contributed by atoms with Crippen LogP contribution in [0.1, 0.15) is 44.5 Å². The second kappa shape index (κ2) is 9.79. The SMILES string of the molecule is CC(C)C[C@H](CO)Nc1nc(C[C@H](C)c2ccc(N)nc2)nc(NS(C)(=O)=O)n1. The van der Waals surface area contributed by atoms with Crippen molar-refractivity contribution in [1.82, 2.24) is 19.9 Å². The summed E-state index contributed by atoms with van der Waals surface area (Å²) in [5.74, 6) is 1.38. The van der Waals surface area contributed by atoms with Gasteiger partial charge in [-0.05, 0) is 29.9 Å². The number of pyridine rings is 1. The first-order valence-corrected chi connectivity index (χ1v) is 11.3. The van der Waals surface area contributed by atoms with E-state index in [1.54, 1.807) is 12.3 Å². The van der Waals surface area contributed by atoms with E-state index < -0.39 is 10.0 Å². The van der Waals surface area contributed by atoms with Crippen LogP contribution in [0.4, 0.5) is 17.7 Å². The van der Waals surface area contributed by atoms with E-state index in [1.165, 1.54) is 0 Å². The monoisotopic (exact) mass is 423 g/mol. The highest BCUT2D eigenvalue weighted by atomic mass is 32.2. The molecule has 2 aromatic rings. The normalized spacial score (nSPS) is 13.9. The zero-order valence-electron chi connectivity index (χ0n) is 17.1. The molecule has 29 heavy (non-hydrogen) atoms. The van der Waals surface area contributed by atoms with Gasteiger partial charge >= 0.3 is 0 Å². The third-order valence-corrected chi connectivity index (χ3v) is 4.69. The van der Waals surface area contributed by atoms with Gasteiger partial charge in [0.1, 0.15) is 11.6 Å². The van der Waals surface area contributed by atoms with Crippen molar-refractivity contribution < 1.29 is 13.5 Å². The molecule has 0 aliphatic heterocycles. The molecule has 0 saturated heterocycles. The summed E-state index contributed by atoms with van der Waals surface area (Å²) in [5.41, 5.74) is 6.59. The molecule has 2 aromatic heterocycles. The third-order valence-electron chi connectivity index (χ3n) is 4.13. The number of aliphatic hydroxyl groups is 1. The van der Waals surface area contributed by atoms with Crippen molar-refractivity contribution in [3.05, 3.63) is 29.7 Å². The zero-order valence-corrected chi connectivity index (χ0v) is 17.9. The number of hydrogen-bond acceptors (Lipinski definition) is 9. The molecule has 2 rings (SSSR count). The van der Waals surface area contributed by atoms with Crippen LogP contribution in [-0.4, -0.2) is 52.4 Å². The second-order valence-electron chi connectivity index (χ2n) is 7.55. The molecule has 160 valence electrons. The highest BCUT2D eigenvalue weighted by Gasteiger charge is 2.17. The minimum absolute atomic E-state index is 0.0220. The number of sulfonamides is 1. The van der Waals surface area contributed by atoms with Gasteiger partial charge in [-0.3, -0.25) is 4.72 Å². The topological polar surface area (TPSA) is 156 Å². The highest BCUT2D eigenvalue weighted by molar-refractivity contribution is 7.91. The van der Waals surface area contributed by atoms with Crippen molar-refractivity contribution in [3.8, 4) is 0 Å². The van der Waals surface area contributed by atoms with Crippen LogP contribution in [0.25, 0.3) is 0 Å². The molecule has 10 nitrogen and oxygen atoms in total. The number of nitrogens with zero attached hydrogens (tertiary/aromatic N) is 4. The van der Waals surface area contributed by atoms with Crippen LogP contribution >= 0.6 is 0 Å². The second-order valence-corrected chi connectivity index (χ2v) is 9.30. The Morgan fingerprint density at radius 3 is 2.38 bits per heavy atom. The van der Waals surface area contributed by atoms with Crippen LogP contribution in [0.15, 0.2) is 18.3 Å². The van der Waals surface area contributed by atoms with Gasteiger partial charge in [0.15, 0.2) is 0 Å². The van der Waals surface area contributed by atoms with Crippen molar-refractivity contribution in [2.45, 2.75) is 45.6 Å². The molecule has 0 aliphatic carbocycles. The Morgan fingerprint density at radius 1 is 1.14 bits per heavy atom. The van der Waals surface area contributed by atoms with Crippen molar-refractivity contribution in [2.24, 2.45) is 5.92 Å². The average molecular weight is 424 g/mol. The molecule has 0 bridgehead atoms. The molecule has 5 N–H and O–H groups in total. The molecule has 0 saturated carbocycles. The number of nitrogen functional groups attached to an aromatic ring is 1. The summed E-state index contributed by atoms with van der Waals surface area (Å²) in [5, 5.41) is 12.7. The van der Waals surface area contributed by atoms with E-state index in [1.807, 2.05) is 26.8 Å². The van der Waals surface area contributed by atoms with E-state index in [4.69, 9.17) is 5.73 Å². The fourth-order valence-corrected chi connectivity index (χ4v) is 3.24. The maximum absolute atomic E-state index is 11.6. The fraction of sp³-hybridized carbons (Fsp3) is 0.556. The van der Waals surface area contributed by atoms with Crippen molar-refractivity contribution in [2.75, 3.05) is 28.6 Å². The van der Waals surface area contributed by atoms with Gasteiger partial charge in [0, 0.05) is 12.6 Å². The van der Waals surface area contributed by atoms with Crippen LogP contribution < -0.4 is 15.8 Å². The largest absolute Gasteiger partial charge is 0.394 e. The number of aromatic nitrogens is 4. The predicted octanol–water partition coefficient (Wildman–Crippen LogP) is 1.39. The maximum Gasteiger partial charge on any atom is 0.241 e. The van der Waals surface area contributed by atoms with E-state index in [9.17, 15) is 13.5 Å². The van der Waals surface area contributed by atoms with Gasteiger partial charge in [-0.25, -0.2) is 13.4 Å². The molecular formula is C18H29N7O3S. The number of nitrogens with one attached hydrogen (secondary N) is 2. The van der Waals surface area contributed by atoms with Crippen LogP contribution in [0.5, 0.6) is 0 Å². The molecular weight excluding hydrogens is 394 g/mol. The van der Waals surface area contributed by atoms with E-state index >= 15 is 0 Å². The number of aliphatic hydroxyl groups excluding tert-OH is 1. The Morgan fingerprint density at radius 2 is 1.83 bits per heavy atom. The molecule has 2 atom stereocenters. The van der Waals surface area contributed by atoms with Crippen LogP contribution in [0.2, 0.25) is 0 Å². The summed E-state index contributed by atoms with van der Waals surface area (Å²) in [4.78, 5) is 16.9. The first-order valence-electron chi connectivity index (χ1n) is 9.37. The molecule has 0 aliphatic rings. The molecule has 2 heterocycles.